The normalized spacial score (nSPS) is 10.9. The second-order valence-corrected chi connectivity index (χ2v) is 5.10. The molecule has 2 nitrogen and oxygen atoms in total. The van der Waals surface area contributed by atoms with Crippen molar-refractivity contribution in [3.8, 4) is 5.75 Å². The van der Waals surface area contributed by atoms with Crippen molar-refractivity contribution in [3.05, 3.63) is 34.6 Å². The van der Waals surface area contributed by atoms with Gasteiger partial charge in [0.1, 0.15) is 0 Å². The van der Waals surface area contributed by atoms with Crippen molar-refractivity contribution in [3.63, 3.8) is 0 Å². The number of aromatic hydroxyl groups is 1. The van der Waals surface area contributed by atoms with Gasteiger partial charge in [0.2, 0.25) is 0 Å². The van der Waals surface area contributed by atoms with Gasteiger partial charge < -0.3 is 5.11 Å². The van der Waals surface area contributed by atoms with Crippen LogP contribution in [0.1, 0.15) is 17.5 Å². The maximum atomic E-state index is 13.5. The van der Waals surface area contributed by atoms with E-state index in [0.29, 0.717) is 17.5 Å². The van der Waals surface area contributed by atoms with Crippen LogP contribution in [0.5, 0.6) is 5.75 Å². The van der Waals surface area contributed by atoms with Gasteiger partial charge in [-0.2, -0.15) is 0 Å². The maximum absolute atomic E-state index is 13.5. The van der Waals surface area contributed by atoms with Crippen LogP contribution in [0.4, 0.5) is 4.39 Å². The summed E-state index contributed by atoms with van der Waals surface area (Å²) in [5.41, 5.74) is 2.08. The summed E-state index contributed by atoms with van der Waals surface area (Å²) in [6.07, 6.45) is 0.474. The highest BCUT2D eigenvalue weighted by Crippen LogP contribution is 2.35. The first-order valence-electron chi connectivity index (χ1n) is 4.91. The minimum Gasteiger partial charge on any atom is -0.505 e. The molecular formula is C12H12FNOS. The highest BCUT2D eigenvalue weighted by molar-refractivity contribution is 7.18. The molecule has 1 aromatic heterocycles. The van der Waals surface area contributed by atoms with E-state index in [1.807, 2.05) is 13.8 Å². The van der Waals surface area contributed by atoms with Gasteiger partial charge in [-0.3, -0.25) is 0 Å². The standard InChI is InChI=1S/C12H12FNOS/c1-6(2)4-8-11(15)9(13)5-10-12(8)16-7(3)14-10/h5,15H,1,4H2,2-3H3. The van der Waals surface area contributed by atoms with Gasteiger partial charge in [-0.05, 0) is 20.3 Å². The Morgan fingerprint density at radius 2 is 2.31 bits per heavy atom. The number of aryl methyl sites for hydroxylation is 1. The molecule has 0 saturated heterocycles. The van der Waals surface area contributed by atoms with Crippen molar-refractivity contribution in [1.29, 1.82) is 0 Å². The van der Waals surface area contributed by atoms with E-state index >= 15 is 0 Å². The average molecular weight is 237 g/mol. The first kappa shape index (κ1) is 11.1. The van der Waals surface area contributed by atoms with E-state index < -0.39 is 5.82 Å². The third kappa shape index (κ3) is 1.80. The van der Waals surface area contributed by atoms with Crippen molar-refractivity contribution >= 4 is 21.6 Å². The van der Waals surface area contributed by atoms with E-state index in [-0.39, 0.29) is 5.75 Å². The molecule has 0 bridgehead atoms. The number of nitrogens with zero attached hydrogens (tertiary/aromatic N) is 1. The Labute approximate surface area is 97.1 Å². The summed E-state index contributed by atoms with van der Waals surface area (Å²) in [5, 5.41) is 10.6. The van der Waals surface area contributed by atoms with Gasteiger partial charge in [0.05, 0.1) is 15.2 Å². The molecule has 0 unspecified atom stereocenters. The van der Waals surface area contributed by atoms with Gasteiger partial charge in [-0.25, -0.2) is 9.37 Å². The van der Waals surface area contributed by atoms with Crippen molar-refractivity contribution < 1.29 is 9.50 Å². The maximum Gasteiger partial charge on any atom is 0.167 e. The fourth-order valence-corrected chi connectivity index (χ4v) is 2.60. The van der Waals surface area contributed by atoms with Gasteiger partial charge in [0.25, 0.3) is 0 Å². The summed E-state index contributed by atoms with van der Waals surface area (Å²) in [6.45, 7) is 7.50. The average Bonchev–Trinajstić information content (AvgIpc) is 2.53. The van der Waals surface area contributed by atoms with Crippen LogP contribution < -0.4 is 0 Å². The highest BCUT2D eigenvalue weighted by atomic mass is 32.1. The summed E-state index contributed by atoms with van der Waals surface area (Å²) >= 11 is 1.46. The Hall–Kier alpha value is -1.42. The summed E-state index contributed by atoms with van der Waals surface area (Å²) in [7, 11) is 0. The van der Waals surface area contributed by atoms with E-state index in [0.717, 1.165) is 15.3 Å². The van der Waals surface area contributed by atoms with Crippen molar-refractivity contribution in [2.24, 2.45) is 0 Å². The number of thiazole rings is 1. The first-order chi connectivity index (χ1) is 7.49. The lowest BCUT2D eigenvalue weighted by Crippen LogP contribution is -1.90. The second-order valence-electron chi connectivity index (χ2n) is 3.90. The molecule has 0 aliphatic rings. The molecule has 0 radical (unpaired) electrons. The van der Waals surface area contributed by atoms with Gasteiger partial charge in [-0.15, -0.1) is 11.3 Å². The van der Waals surface area contributed by atoms with Crippen LogP contribution in [-0.4, -0.2) is 10.1 Å². The number of phenols is 1. The first-order valence-corrected chi connectivity index (χ1v) is 5.72. The van der Waals surface area contributed by atoms with E-state index in [2.05, 4.69) is 11.6 Å². The molecular weight excluding hydrogens is 225 g/mol. The molecule has 0 amide bonds. The zero-order valence-corrected chi connectivity index (χ0v) is 9.99. The van der Waals surface area contributed by atoms with Crippen molar-refractivity contribution in [2.45, 2.75) is 20.3 Å². The van der Waals surface area contributed by atoms with E-state index in [1.165, 1.54) is 17.4 Å². The van der Waals surface area contributed by atoms with Gasteiger partial charge in [0.15, 0.2) is 11.6 Å². The number of fused-ring (bicyclic) bond motifs is 1. The van der Waals surface area contributed by atoms with Gasteiger partial charge in [0, 0.05) is 11.6 Å². The molecule has 0 atom stereocenters. The number of allylic oxidation sites excluding steroid dienone is 1. The molecule has 84 valence electrons. The minimum atomic E-state index is -0.617. The SMILES string of the molecule is C=C(C)Cc1c(O)c(F)cc2nc(C)sc12. The van der Waals surface area contributed by atoms with E-state index in [1.54, 1.807) is 0 Å². The predicted octanol–water partition coefficient (Wildman–Crippen LogP) is 3.57. The molecule has 2 aromatic rings. The number of hydrogen-bond acceptors (Lipinski definition) is 3. The Kier molecular flexibility index (Phi) is 2.68. The quantitative estimate of drug-likeness (QED) is 0.810. The van der Waals surface area contributed by atoms with Crippen LogP contribution in [0.3, 0.4) is 0 Å². The van der Waals surface area contributed by atoms with Crippen LogP contribution in [0.2, 0.25) is 0 Å². The lowest BCUT2D eigenvalue weighted by Gasteiger charge is -2.06. The van der Waals surface area contributed by atoms with Crippen LogP contribution in [-0.2, 0) is 6.42 Å². The third-order valence-electron chi connectivity index (χ3n) is 2.29. The zero-order chi connectivity index (χ0) is 11.9. The van der Waals surface area contributed by atoms with Crippen LogP contribution in [0.15, 0.2) is 18.2 Å². The monoisotopic (exact) mass is 237 g/mol. The molecule has 0 saturated carbocycles. The molecule has 0 fully saturated rings. The highest BCUT2D eigenvalue weighted by Gasteiger charge is 2.15. The Bertz CT molecular complexity index is 574. The Morgan fingerprint density at radius 3 is 2.94 bits per heavy atom. The minimum absolute atomic E-state index is 0.279. The molecule has 0 aliphatic heterocycles. The molecule has 0 spiro atoms. The molecule has 16 heavy (non-hydrogen) atoms. The van der Waals surface area contributed by atoms with Crippen molar-refractivity contribution in [2.75, 3.05) is 0 Å². The Morgan fingerprint density at radius 1 is 1.62 bits per heavy atom. The molecule has 1 N–H and O–H groups in total. The number of rotatable bonds is 2. The van der Waals surface area contributed by atoms with Crippen molar-refractivity contribution in [1.82, 2.24) is 4.98 Å². The number of halogens is 1. The molecule has 1 aromatic carbocycles. The topological polar surface area (TPSA) is 33.1 Å². The predicted molar refractivity (Wildman–Crippen MR) is 64.5 cm³/mol. The number of hydrogen-bond donors (Lipinski definition) is 1. The molecule has 0 aliphatic carbocycles. The lowest BCUT2D eigenvalue weighted by molar-refractivity contribution is 0.428. The van der Waals surface area contributed by atoms with Crippen LogP contribution in [0.25, 0.3) is 10.2 Å². The summed E-state index contributed by atoms with van der Waals surface area (Å²) in [5.74, 6) is -0.895. The van der Waals surface area contributed by atoms with Crippen LogP contribution in [0, 0.1) is 12.7 Å². The fraction of sp³-hybridized carbons (Fsp3) is 0.250. The largest absolute Gasteiger partial charge is 0.505 e. The van der Waals surface area contributed by atoms with Gasteiger partial charge >= 0.3 is 0 Å². The lowest BCUT2D eigenvalue weighted by atomic mass is 10.1. The molecule has 2 rings (SSSR count). The van der Waals surface area contributed by atoms with Gasteiger partial charge in [-0.1, -0.05) is 12.2 Å². The summed E-state index contributed by atoms with van der Waals surface area (Å²) in [4.78, 5) is 4.22. The van der Waals surface area contributed by atoms with E-state index in [4.69, 9.17) is 0 Å². The Balaban J connectivity index is 2.75. The molecule has 1 heterocycles. The zero-order valence-electron chi connectivity index (χ0n) is 9.17. The summed E-state index contributed by atoms with van der Waals surface area (Å²) < 4.78 is 14.3. The fourth-order valence-electron chi connectivity index (χ4n) is 1.66. The third-order valence-corrected chi connectivity index (χ3v) is 3.33. The smallest absolute Gasteiger partial charge is 0.167 e. The number of benzene rings is 1. The number of phenolic OH excluding ortho intramolecular Hbond substituents is 1. The van der Waals surface area contributed by atoms with E-state index in [9.17, 15) is 9.50 Å². The molecule has 4 heteroatoms. The van der Waals surface area contributed by atoms with Crippen LogP contribution >= 0.6 is 11.3 Å². The summed E-state index contributed by atoms with van der Waals surface area (Å²) in [6, 6.07) is 1.27. The number of aromatic nitrogens is 1. The second kappa shape index (κ2) is 3.87.